The van der Waals surface area contributed by atoms with Gasteiger partial charge in [-0.15, -0.1) is 0 Å². The number of hydrogen-bond acceptors (Lipinski definition) is 5. The Kier molecular flexibility index (Phi) is 5.76. The van der Waals surface area contributed by atoms with E-state index in [9.17, 15) is 19.2 Å². The van der Waals surface area contributed by atoms with Gasteiger partial charge in [0.1, 0.15) is 12.4 Å². The molecule has 0 atom stereocenters. The first-order chi connectivity index (χ1) is 15.5. The van der Waals surface area contributed by atoms with E-state index in [0.29, 0.717) is 16.6 Å². The quantitative estimate of drug-likeness (QED) is 0.398. The lowest BCUT2D eigenvalue weighted by molar-refractivity contribution is -0.118. The van der Waals surface area contributed by atoms with Gasteiger partial charge in [-0.25, -0.2) is 9.37 Å². The van der Waals surface area contributed by atoms with Crippen LogP contribution in [-0.2, 0) is 11.3 Å². The second-order valence-electron chi connectivity index (χ2n) is 7.06. The molecular weight excluding hydrogens is 411 g/mol. The Labute approximate surface area is 182 Å². The van der Waals surface area contributed by atoms with Gasteiger partial charge in [-0.05, 0) is 30.3 Å². The zero-order valence-corrected chi connectivity index (χ0v) is 17.1. The number of halogens is 1. The largest absolute Gasteiger partial charge is 0.409 e. The van der Waals surface area contributed by atoms with Crippen molar-refractivity contribution in [3.63, 3.8) is 0 Å². The van der Waals surface area contributed by atoms with Crippen molar-refractivity contribution in [1.82, 2.24) is 9.55 Å². The summed E-state index contributed by atoms with van der Waals surface area (Å²) in [5.41, 5.74) is -0.0363. The molecule has 0 aliphatic rings. The number of benzene rings is 3. The molecule has 0 bridgehead atoms. The lowest BCUT2D eigenvalue weighted by atomic mass is 10.1. The number of para-hydroxylation sites is 2. The number of fused-ring (bicyclic) bond motifs is 1. The summed E-state index contributed by atoms with van der Waals surface area (Å²) >= 11 is 0. The minimum Gasteiger partial charge on any atom is -0.409 e. The highest BCUT2D eigenvalue weighted by Gasteiger charge is 2.18. The summed E-state index contributed by atoms with van der Waals surface area (Å²) in [4.78, 5) is 31.8. The molecule has 160 valence electrons. The molecule has 8 heteroatoms. The third-order valence-corrected chi connectivity index (χ3v) is 5.14. The zero-order chi connectivity index (χ0) is 22.7. The van der Waals surface area contributed by atoms with Crippen molar-refractivity contribution in [2.75, 3.05) is 11.9 Å². The van der Waals surface area contributed by atoms with Gasteiger partial charge < -0.3 is 10.1 Å². The third kappa shape index (κ3) is 3.85. The molecule has 0 fully saturated rings. The zero-order valence-electron chi connectivity index (χ0n) is 17.1. The monoisotopic (exact) mass is 430 g/mol. The molecule has 0 saturated carbocycles. The Balaban J connectivity index is 1.96. The van der Waals surface area contributed by atoms with E-state index in [1.54, 1.807) is 67.7 Å². The Bertz CT molecular complexity index is 1440. The van der Waals surface area contributed by atoms with Crippen molar-refractivity contribution in [1.29, 1.82) is 0 Å². The normalized spacial score (nSPS) is 11.5. The maximum Gasteiger partial charge on any atom is 0.300 e. The molecule has 0 saturated heterocycles. The lowest BCUT2D eigenvalue weighted by Crippen LogP contribution is -2.39. The van der Waals surface area contributed by atoms with Crippen LogP contribution in [0, 0.1) is 5.82 Å². The van der Waals surface area contributed by atoms with Gasteiger partial charge in [0, 0.05) is 23.7 Å². The number of likely N-dealkylation sites (N-methyl/N-ethyl adjacent to an activating group) is 1. The minimum atomic E-state index is -0.777. The van der Waals surface area contributed by atoms with Crippen LogP contribution in [-0.4, -0.2) is 27.7 Å². The van der Waals surface area contributed by atoms with Crippen LogP contribution in [0.2, 0.25) is 0 Å². The number of carbonyl (C=O) groups excluding carboxylic acids is 1. The van der Waals surface area contributed by atoms with E-state index in [1.165, 1.54) is 21.6 Å². The Morgan fingerprint density at radius 1 is 1.03 bits per heavy atom. The summed E-state index contributed by atoms with van der Waals surface area (Å²) in [5.74, 6) is -0.912. The second-order valence-corrected chi connectivity index (χ2v) is 7.06. The molecule has 0 radical (unpaired) electrons. The molecule has 1 aromatic heterocycles. The highest BCUT2D eigenvalue weighted by atomic mass is 19.1. The predicted octanol–water partition coefficient (Wildman–Crippen LogP) is 3.16. The van der Waals surface area contributed by atoms with Crippen LogP contribution in [0.5, 0.6) is 0 Å². The van der Waals surface area contributed by atoms with Gasteiger partial charge in [0.2, 0.25) is 5.91 Å². The minimum absolute atomic E-state index is 0.131. The molecule has 7 nitrogen and oxygen atoms in total. The first-order valence-corrected chi connectivity index (χ1v) is 9.79. The van der Waals surface area contributed by atoms with E-state index in [4.69, 9.17) is 0 Å². The van der Waals surface area contributed by atoms with Crippen LogP contribution < -0.4 is 15.9 Å². The van der Waals surface area contributed by atoms with E-state index in [2.05, 4.69) is 10.1 Å². The fraction of sp³-hybridized carbons (Fsp3) is 0.0833. The third-order valence-electron chi connectivity index (χ3n) is 5.14. The first kappa shape index (κ1) is 20.9. The molecule has 1 heterocycles. The Morgan fingerprint density at radius 3 is 2.41 bits per heavy atom. The van der Waals surface area contributed by atoms with Crippen LogP contribution in [0.4, 0.5) is 10.1 Å². The van der Waals surface area contributed by atoms with Crippen LogP contribution in [0.15, 0.2) is 88.8 Å². The number of amides is 1. The van der Waals surface area contributed by atoms with E-state index in [0.717, 1.165) is 0 Å². The Morgan fingerprint density at radius 2 is 1.69 bits per heavy atom. The van der Waals surface area contributed by atoms with Crippen LogP contribution >= 0.6 is 0 Å². The first-order valence-electron chi connectivity index (χ1n) is 9.79. The smallest absolute Gasteiger partial charge is 0.300 e. The van der Waals surface area contributed by atoms with Gasteiger partial charge in [-0.3, -0.25) is 14.2 Å². The van der Waals surface area contributed by atoms with Crippen molar-refractivity contribution in [2.45, 2.75) is 6.54 Å². The molecule has 4 aromatic rings. The van der Waals surface area contributed by atoms with E-state index >= 15 is 0 Å². The topological polar surface area (TPSA) is 87.8 Å². The number of rotatable bonds is 4. The Hall–Kier alpha value is -4.33. The van der Waals surface area contributed by atoms with E-state index < -0.39 is 16.9 Å². The number of hydrogen-bond donors (Lipinski definition) is 1. The number of nitrogens with zero attached hydrogens (tertiary/aromatic N) is 4. The number of carbonyl (C=O) groups is 1. The molecule has 32 heavy (non-hydrogen) atoms. The van der Waals surface area contributed by atoms with Crippen molar-refractivity contribution in [3.8, 4) is 11.3 Å². The fourth-order valence-electron chi connectivity index (χ4n) is 3.47. The SMILES string of the molecule is CN(C(=O)Cn1c(=O)c(=NO)nc(-c2ccccc2F)c2ccccc21)c1ccccc1. The fourth-order valence-corrected chi connectivity index (χ4v) is 3.47. The van der Waals surface area contributed by atoms with Gasteiger partial charge in [-0.2, -0.15) is 0 Å². The molecule has 1 N–H and O–H groups in total. The average Bonchev–Trinajstić information content (AvgIpc) is 2.94. The van der Waals surface area contributed by atoms with Crippen LogP contribution in [0.3, 0.4) is 0 Å². The molecule has 0 unspecified atom stereocenters. The van der Waals surface area contributed by atoms with E-state index in [-0.39, 0.29) is 23.7 Å². The molecule has 0 spiro atoms. The van der Waals surface area contributed by atoms with Gasteiger partial charge in [0.15, 0.2) is 0 Å². The molecule has 0 aliphatic carbocycles. The summed E-state index contributed by atoms with van der Waals surface area (Å²) in [5, 5.41) is 12.9. The second kappa shape index (κ2) is 8.81. The van der Waals surface area contributed by atoms with Crippen molar-refractivity contribution < 1.29 is 14.4 Å². The number of anilines is 1. The summed E-state index contributed by atoms with van der Waals surface area (Å²) in [6, 6.07) is 21.7. The van der Waals surface area contributed by atoms with Crippen molar-refractivity contribution in [2.24, 2.45) is 5.16 Å². The van der Waals surface area contributed by atoms with Gasteiger partial charge in [0.25, 0.3) is 11.0 Å². The van der Waals surface area contributed by atoms with Crippen molar-refractivity contribution >= 4 is 22.5 Å². The molecule has 3 aromatic carbocycles. The number of aromatic nitrogens is 2. The van der Waals surface area contributed by atoms with Gasteiger partial charge in [-0.1, -0.05) is 53.7 Å². The van der Waals surface area contributed by atoms with E-state index in [1.807, 2.05) is 6.07 Å². The molecule has 1 amide bonds. The lowest BCUT2D eigenvalue weighted by Gasteiger charge is -2.18. The maximum atomic E-state index is 14.6. The van der Waals surface area contributed by atoms with Crippen LogP contribution in [0.1, 0.15) is 0 Å². The summed E-state index contributed by atoms with van der Waals surface area (Å²) in [7, 11) is 1.61. The standard InChI is InChI=1S/C24H19FN4O3/c1-28(16-9-3-2-4-10-16)21(30)15-29-20-14-8-6-12-18(20)22(26-23(27-32)24(29)31)17-11-5-7-13-19(17)25/h2-14,32H,15H2,1H3. The summed E-state index contributed by atoms with van der Waals surface area (Å²) < 4.78 is 15.8. The molecule has 4 rings (SSSR count). The van der Waals surface area contributed by atoms with Gasteiger partial charge >= 0.3 is 0 Å². The molecular formula is C24H19FN4O3. The highest BCUT2D eigenvalue weighted by molar-refractivity contribution is 5.95. The maximum absolute atomic E-state index is 14.6. The average molecular weight is 430 g/mol. The highest BCUT2D eigenvalue weighted by Crippen LogP contribution is 2.26. The summed E-state index contributed by atoms with van der Waals surface area (Å²) in [6.07, 6.45) is 0. The summed E-state index contributed by atoms with van der Waals surface area (Å²) in [6.45, 7) is -0.333. The predicted molar refractivity (Wildman–Crippen MR) is 119 cm³/mol. The van der Waals surface area contributed by atoms with Crippen molar-refractivity contribution in [3.05, 3.63) is 101 Å². The molecule has 0 aliphatic heterocycles. The van der Waals surface area contributed by atoms with Crippen LogP contribution in [0.25, 0.3) is 22.2 Å². The van der Waals surface area contributed by atoms with Gasteiger partial charge in [0.05, 0.1) is 11.2 Å².